The van der Waals surface area contributed by atoms with Gasteiger partial charge in [-0.3, -0.25) is 0 Å². The molecular weight excluding hydrogens is 352 g/mol. The highest BCUT2D eigenvalue weighted by Gasteiger charge is 2.29. The summed E-state index contributed by atoms with van der Waals surface area (Å²) in [6.07, 6.45) is 19.9. The van der Waals surface area contributed by atoms with E-state index >= 15 is 0 Å². The van der Waals surface area contributed by atoms with Crippen LogP contribution in [0, 0.1) is 35.5 Å². The van der Waals surface area contributed by atoms with Crippen LogP contribution in [0.4, 0.5) is 0 Å². The fourth-order valence-corrected chi connectivity index (χ4v) is 5.33. The van der Waals surface area contributed by atoms with Crippen LogP contribution in [0.25, 0.3) is 0 Å². The standard InChI is InChI=1S/C28H40O/c1-3-7-23-10-16-26(17-11-23)27-18-12-24(13-19-27)8-5-6-9-25-14-20-28(21-15-25)29-22-4-2/h5,8,14-15,20-21,23-24,26-27H,3-4,7,10-13,16-19,22H2,1-2H3. The van der Waals surface area contributed by atoms with Gasteiger partial charge >= 0.3 is 0 Å². The molecule has 0 amide bonds. The van der Waals surface area contributed by atoms with E-state index in [1.165, 1.54) is 64.2 Å². The van der Waals surface area contributed by atoms with Crippen LogP contribution < -0.4 is 4.74 Å². The maximum absolute atomic E-state index is 5.62. The lowest BCUT2D eigenvalue weighted by molar-refractivity contribution is 0.152. The SMILES string of the molecule is CCCOc1ccc(C#CC=CC2CCC(C3CCC(CCC)CC3)CC2)cc1. The molecule has 0 heterocycles. The van der Waals surface area contributed by atoms with Gasteiger partial charge < -0.3 is 4.74 Å². The van der Waals surface area contributed by atoms with E-state index in [1.807, 2.05) is 24.3 Å². The summed E-state index contributed by atoms with van der Waals surface area (Å²) in [6, 6.07) is 8.12. The number of rotatable bonds is 7. The van der Waals surface area contributed by atoms with Crippen molar-refractivity contribution in [2.45, 2.75) is 84.5 Å². The molecule has 0 bridgehead atoms. The molecule has 1 nitrogen and oxygen atoms in total. The minimum Gasteiger partial charge on any atom is -0.494 e. The van der Waals surface area contributed by atoms with E-state index in [9.17, 15) is 0 Å². The Balaban J connectivity index is 1.38. The van der Waals surface area contributed by atoms with Crippen molar-refractivity contribution in [3.63, 3.8) is 0 Å². The Morgan fingerprint density at radius 2 is 1.52 bits per heavy atom. The summed E-state index contributed by atoms with van der Waals surface area (Å²) in [5.74, 6) is 11.2. The number of hydrogen-bond donors (Lipinski definition) is 0. The first-order valence-corrected chi connectivity index (χ1v) is 12.2. The van der Waals surface area contributed by atoms with Crippen molar-refractivity contribution >= 4 is 0 Å². The van der Waals surface area contributed by atoms with Gasteiger partial charge in [-0.25, -0.2) is 0 Å². The number of allylic oxidation sites excluding steroid dienone is 2. The van der Waals surface area contributed by atoms with Crippen LogP contribution in [0.3, 0.4) is 0 Å². The number of benzene rings is 1. The zero-order valence-corrected chi connectivity index (χ0v) is 18.7. The van der Waals surface area contributed by atoms with Gasteiger partial charge in [0, 0.05) is 5.56 Å². The second kappa shape index (κ2) is 12.1. The van der Waals surface area contributed by atoms with Crippen molar-refractivity contribution in [2.75, 3.05) is 6.61 Å². The Kier molecular flexibility index (Phi) is 9.20. The van der Waals surface area contributed by atoms with Crippen molar-refractivity contribution < 1.29 is 4.74 Å². The first-order chi connectivity index (χ1) is 14.3. The summed E-state index contributed by atoms with van der Waals surface area (Å²) >= 11 is 0. The van der Waals surface area contributed by atoms with Gasteiger partial charge in [0.05, 0.1) is 6.61 Å². The fourth-order valence-electron chi connectivity index (χ4n) is 5.33. The predicted molar refractivity (Wildman–Crippen MR) is 124 cm³/mol. The van der Waals surface area contributed by atoms with Crippen molar-refractivity contribution in [1.29, 1.82) is 0 Å². The minimum absolute atomic E-state index is 0.738. The van der Waals surface area contributed by atoms with Gasteiger partial charge in [0.2, 0.25) is 0 Å². The Morgan fingerprint density at radius 3 is 2.14 bits per heavy atom. The first-order valence-electron chi connectivity index (χ1n) is 12.2. The molecule has 29 heavy (non-hydrogen) atoms. The van der Waals surface area contributed by atoms with Crippen LogP contribution in [0.1, 0.15) is 90.0 Å². The van der Waals surface area contributed by atoms with Crippen molar-refractivity contribution in [1.82, 2.24) is 0 Å². The third-order valence-corrected chi connectivity index (χ3v) is 7.07. The lowest BCUT2D eigenvalue weighted by Crippen LogP contribution is -2.25. The molecule has 0 aromatic heterocycles. The lowest BCUT2D eigenvalue weighted by Gasteiger charge is -2.37. The summed E-state index contributed by atoms with van der Waals surface area (Å²) in [4.78, 5) is 0. The average molecular weight is 393 g/mol. The quantitative estimate of drug-likeness (QED) is 0.430. The average Bonchev–Trinajstić information content (AvgIpc) is 2.77. The zero-order valence-electron chi connectivity index (χ0n) is 18.7. The van der Waals surface area contributed by atoms with E-state index in [0.717, 1.165) is 48.0 Å². The smallest absolute Gasteiger partial charge is 0.119 e. The zero-order chi connectivity index (χ0) is 20.3. The van der Waals surface area contributed by atoms with E-state index in [-0.39, 0.29) is 0 Å². The van der Waals surface area contributed by atoms with Crippen LogP contribution in [0.5, 0.6) is 5.75 Å². The number of ether oxygens (including phenoxy) is 1. The molecule has 2 aliphatic carbocycles. The van der Waals surface area contributed by atoms with Crippen LogP contribution >= 0.6 is 0 Å². The van der Waals surface area contributed by atoms with Crippen LogP contribution in [-0.2, 0) is 0 Å². The van der Waals surface area contributed by atoms with Gasteiger partial charge in [-0.05, 0) is 99.0 Å². The Hall–Kier alpha value is -1.68. The maximum atomic E-state index is 5.62. The third kappa shape index (κ3) is 7.26. The topological polar surface area (TPSA) is 9.23 Å². The Labute approximate surface area is 179 Å². The van der Waals surface area contributed by atoms with Gasteiger partial charge in [0.25, 0.3) is 0 Å². The molecule has 1 heteroatoms. The highest BCUT2D eigenvalue weighted by atomic mass is 16.5. The molecule has 2 aliphatic rings. The van der Waals surface area contributed by atoms with Gasteiger partial charge in [-0.15, -0.1) is 0 Å². The molecule has 3 rings (SSSR count). The first kappa shape index (κ1) is 22.0. The van der Waals surface area contributed by atoms with Crippen LogP contribution in [0.2, 0.25) is 0 Å². The van der Waals surface area contributed by atoms with E-state index < -0.39 is 0 Å². The molecule has 1 aromatic carbocycles. The summed E-state index contributed by atoms with van der Waals surface area (Å²) in [6.45, 7) is 5.23. The van der Waals surface area contributed by atoms with Crippen molar-refractivity contribution in [2.24, 2.45) is 23.7 Å². The molecule has 0 atom stereocenters. The lowest BCUT2D eigenvalue weighted by atomic mass is 9.69. The summed E-state index contributed by atoms with van der Waals surface area (Å²) in [5, 5.41) is 0. The maximum Gasteiger partial charge on any atom is 0.119 e. The van der Waals surface area contributed by atoms with Gasteiger partial charge in [0.15, 0.2) is 0 Å². The van der Waals surface area contributed by atoms with Crippen molar-refractivity contribution in [3.05, 3.63) is 42.0 Å². The molecule has 0 radical (unpaired) electrons. The van der Waals surface area contributed by atoms with E-state index in [2.05, 4.69) is 37.8 Å². The molecule has 2 fully saturated rings. The molecule has 0 aliphatic heterocycles. The second-order valence-electron chi connectivity index (χ2n) is 9.25. The van der Waals surface area contributed by atoms with E-state index in [0.29, 0.717) is 0 Å². The summed E-state index contributed by atoms with van der Waals surface area (Å²) < 4.78 is 5.62. The highest BCUT2D eigenvalue weighted by Crippen LogP contribution is 2.42. The normalized spacial score (nSPS) is 27.4. The summed E-state index contributed by atoms with van der Waals surface area (Å²) in [5.41, 5.74) is 1.06. The Morgan fingerprint density at radius 1 is 0.862 bits per heavy atom. The molecule has 0 saturated heterocycles. The molecule has 158 valence electrons. The molecule has 1 aromatic rings. The largest absolute Gasteiger partial charge is 0.494 e. The molecule has 0 spiro atoms. The third-order valence-electron chi connectivity index (χ3n) is 7.07. The van der Waals surface area contributed by atoms with Crippen LogP contribution in [0.15, 0.2) is 36.4 Å². The summed E-state index contributed by atoms with van der Waals surface area (Å²) in [7, 11) is 0. The number of hydrogen-bond acceptors (Lipinski definition) is 1. The molecular formula is C28H40O. The monoisotopic (exact) mass is 392 g/mol. The molecule has 0 unspecified atom stereocenters. The molecule has 2 saturated carbocycles. The highest BCUT2D eigenvalue weighted by molar-refractivity contribution is 5.40. The van der Waals surface area contributed by atoms with Gasteiger partial charge in [-0.1, -0.05) is 57.4 Å². The van der Waals surface area contributed by atoms with Crippen molar-refractivity contribution in [3.8, 4) is 17.6 Å². The van der Waals surface area contributed by atoms with Crippen LogP contribution in [-0.4, -0.2) is 6.61 Å². The second-order valence-corrected chi connectivity index (χ2v) is 9.25. The van der Waals surface area contributed by atoms with E-state index in [4.69, 9.17) is 4.74 Å². The Bertz CT molecular complexity index is 659. The van der Waals surface area contributed by atoms with E-state index in [1.54, 1.807) is 0 Å². The fraction of sp³-hybridized carbons (Fsp3) is 0.643. The minimum atomic E-state index is 0.738. The predicted octanol–water partition coefficient (Wildman–Crippen LogP) is 7.80. The van der Waals surface area contributed by atoms with Gasteiger partial charge in [0.1, 0.15) is 5.75 Å². The molecule has 0 N–H and O–H groups in total. The van der Waals surface area contributed by atoms with Gasteiger partial charge in [-0.2, -0.15) is 0 Å².